The number of nitrogens with zero attached hydrogens (tertiary/aromatic N) is 2. The van der Waals surface area contributed by atoms with Crippen molar-refractivity contribution in [2.24, 2.45) is 5.92 Å². The smallest absolute Gasteiger partial charge is 0.268 e. The number of likely N-dealkylation sites (tertiary alicyclic amines) is 1. The fraction of sp³-hybridized carbons (Fsp3) is 0.481. The van der Waals surface area contributed by atoms with Crippen LogP contribution in [-0.4, -0.2) is 30.4 Å². The molecular formula is C27H34N2O2S. The van der Waals surface area contributed by atoms with Crippen LogP contribution in [-0.2, 0) is 10.0 Å². The Hall–Kier alpha value is -2.11. The summed E-state index contributed by atoms with van der Waals surface area (Å²) in [4.78, 5) is 2.96. The molecule has 2 aliphatic rings. The van der Waals surface area contributed by atoms with Crippen LogP contribution in [0, 0.1) is 12.8 Å². The second-order valence-electron chi connectivity index (χ2n) is 9.65. The normalized spacial score (nSPS) is 19.9. The Morgan fingerprint density at radius 3 is 2.22 bits per heavy atom. The van der Waals surface area contributed by atoms with Gasteiger partial charge in [0.1, 0.15) is 0 Å². The summed E-state index contributed by atoms with van der Waals surface area (Å²) < 4.78 is 29.8. The molecule has 0 N–H and O–H groups in total. The average molecular weight is 451 g/mol. The van der Waals surface area contributed by atoms with Gasteiger partial charge in [-0.3, -0.25) is 4.90 Å². The van der Waals surface area contributed by atoms with E-state index in [1.54, 1.807) is 16.1 Å². The number of hydrogen-bond donors (Lipinski definition) is 0. The van der Waals surface area contributed by atoms with E-state index in [0.29, 0.717) is 10.8 Å². The minimum absolute atomic E-state index is 0.156. The summed E-state index contributed by atoms with van der Waals surface area (Å²) in [5.41, 5.74) is 2.82. The Labute approximate surface area is 192 Å². The zero-order valence-corrected chi connectivity index (χ0v) is 19.9. The first-order chi connectivity index (χ1) is 15.6. The molecule has 5 rings (SSSR count). The molecule has 3 aromatic rings. The third kappa shape index (κ3) is 4.01. The Balaban J connectivity index is 1.70. The van der Waals surface area contributed by atoms with Crippen LogP contribution in [0.3, 0.4) is 0 Å². The van der Waals surface area contributed by atoms with E-state index in [4.69, 9.17) is 0 Å². The molecule has 1 saturated heterocycles. The zero-order chi connectivity index (χ0) is 22.1. The van der Waals surface area contributed by atoms with Crippen molar-refractivity contribution >= 4 is 20.9 Å². The molecule has 1 aliphatic heterocycles. The lowest BCUT2D eigenvalue weighted by Gasteiger charge is -2.41. The van der Waals surface area contributed by atoms with Crippen LogP contribution in [0.5, 0.6) is 0 Å². The Morgan fingerprint density at radius 2 is 1.50 bits per heavy atom. The highest BCUT2D eigenvalue weighted by atomic mass is 32.2. The molecule has 2 heterocycles. The van der Waals surface area contributed by atoms with Gasteiger partial charge in [-0.1, -0.05) is 61.6 Å². The second-order valence-corrected chi connectivity index (χ2v) is 11.4. The minimum atomic E-state index is -3.70. The summed E-state index contributed by atoms with van der Waals surface area (Å²) in [5.74, 6) is 0.512. The van der Waals surface area contributed by atoms with Crippen molar-refractivity contribution < 1.29 is 8.42 Å². The molecule has 1 saturated carbocycles. The zero-order valence-electron chi connectivity index (χ0n) is 19.0. The Kier molecular flexibility index (Phi) is 6.13. The molecule has 5 heteroatoms. The number of aryl methyl sites for hydroxylation is 1. The van der Waals surface area contributed by atoms with Crippen molar-refractivity contribution in [2.75, 3.05) is 13.1 Å². The highest BCUT2D eigenvalue weighted by molar-refractivity contribution is 7.90. The van der Waals surface area contributed by atoms with E-state index in [0.717, 1.165) is 35.2 Å². The first kappa shape index (κ1) is 21.7. The predicted molar refractivity (Wildman–Crippen MR) is 130 cm³/mol. The molecule has 170 valence electrons. The van der Waals surface area contributed by atoms with Gasteiger partial charge in [0.2, 0.25) is 0 Å². The third-order valence-corrected chi connectivity index (χ3v) is 9.19. The molecule has 0 spiro atoms. The molecule has 1 aliphatic carbocycles. The molecule has 2 fully saturated rings. The number of fused-ring (bicyclic) bond motifs is 1. The molecule has 1 unspecified atom stereocenters. The van der Waals surface area contributed by atoms with Crippen molar-refractivity contribution in [3.8, 4) is 0 Å². The number of rotatable bonds is 5. The number of benzene rings is 2. The predicted octanol–water partition coefficient (Wildman–Crippen LogP) is 6.29. The van der Waals surface area contributed by atoms with Crippen molar-refractivity contribution in [3.63, 3.8) is 0 Å². The van der Waals surface area contributed by atoms with E-state index in [-0.39, 0.29) is 6.04 Å². The summed E-state index contributed by atoms with van der Waals surface area (Å²) in [7, 11) is -3.70. The van der Waals surface area contributed by atoms with E-state index < -0.39 is 10.0 Å². The quantitative estimate of drug-likeness (QED) is 0.458. The standard InChI is InChI=1S/C27H34N2O2S/c1-21-14-16-24(17-15-21)32(30,31)29-25-13-7-6-12-23(25)20-26(29)27(22-10-4-2-5-11-22)28-18-8-3-9-19-28/h6-7,12-17,20,22,27H,2-5,8-11,18-19H2,1H3. The maximum absolute atomic E-state index is 14.1. The van der Waals surface area contributed by atoms with Crippen LogP contribution in [0.1, 0.15) is 68.7 Å². The van der Waals surface area contributed by atoms with Crippen LogP contribution < -0.4 is 0 Å². The summed E-state index contributed by atoms with van der Waals surface area (Å²) >= 11 is 0. The van der Waals surface area contributed by atoms with Crippen LogP contribution in [0.4, 0.5) is 0 Å². The van der Waals surface area contributed by atoms with E-state index in [1.165, 1.54) is 51.4 Å². The first-order valence-electron chi connectivity index (χ1n) is 12.2. The summed E-state index contributed by atoms with van der Waals surface area (Å²) in [6.45, 7) is 4.11. The van der Waals surface area contributed by atoms with Gasteiger partial charge in [-0.25, -0.2) is 12.4 Å². The molecule has 2 aromatic carbocycles. The van der Waals surface area contributed by atoms with Crippen molar-refractivity contribution in [2.45, 2.75) is 69.2 Å². The van der Waals surface area contributed by atoms with Crippen LogP contribution in [0.2, 0.25) is 0 Å². The van der Waals surface area contributed by atoms with Gasteiger partial charge in [-0.15, -0.1) is 0 Å². The lowest BCUT2D eigenvalue weighted by atomic mass is 9.81. The number of hydrogen-bond acceptors (Lipinski definition) is 3. The van der Waals surface area contributed by atoms with Crippen molar-refractivity contribution in [1.29, 1.82) is 0 Å². The van der Waals surface area contributed by atoms with Gasteiger partial charge in [0.15, 0.2) is 0 Å². The largest absolute Gasteiger partial charge is 0.295 e. The van der Waals surface area contributed by atoms with Crippen LogP contribution >= 0.6 is 0 Å². The van der Waals surface area contributed by atoms with Gasteiger partial charge >= 0.3 is 0 Å². The summed E-state index contributed by atoms with van der Waals surface area (Å²) in [6.07, 6.45) is 9.86. The molecule has 0 radical (unpaired) electrons. The van der Waals surface area contributed by atoms with Gasteiger partial charge in [-0.2, -0.15) is 0 Å². The lowest BCUT2D eigenvalue weighted by Crippen LogP contribution is -2.39. The van der Waals surface area contributed by atoms with Crippen molar-refractivity contribution in [3.05, 3.63) is 65.9 Å². The van der Waals surface area contributed by atoms with Gasteiger partial charge in [-0.05, 0) is 75.9 Å². The van der Waals surface area contributed by atoms with E-state index in [1.807, 2.05) is 43.3 Å². The maximum atomic E-state index is 14.1. The van der Waals surface area contributed by atoms with Gasteiger partial charge in [0.25, 0.3) is 10.0 Å². The van der Waals surface area contributed by atoms with E-state index in [2.05, 4.69) is 11.0 Å². The topological polar surface area (TPSA) is 42.3 Å². The fourth-order valence-corrected chi connectivity index (χ4v) is 7.37. The third-order valence-electron chi connectivity index (χ3n) is 7.44. The highest BCUT2D eigenvalue weighted by Gasteiger charge is 2.36. The minimum Gasteiger partial charge on any atom is -0.295 e. The van der Waals surface area contributed by atoms with Crippen LogP contribution in [0.15, 0.2) is 59.5 Å². The molecule has 0 amide bonds. The molecule has 1 atom stereocenters. The Morgan fingerprint density at radius 1 is 0.844 bits per heavy atom. The summed E-state index contributed by atoms with van der Waals surface area (Å²) in [6, 6.07) is 17.6. The highest BCUT2D eigenvalue weighted by Crippen LogP contribution is 2.42. The van der Waals surface area contributed by atoms with E-state index in [9.17, 15) is 8.42 Å². The molecule has 4 nitrogen and oxygen atoms in total. The molecular weight excluding hydrogens is 416 g/mol. The van der Waals surface area contributed by atoms with Crippen LogP contribution in [0.25, 0.3) is 10.9 Å². The molecule has 32 heavy (non-hydrogen) atoms. The molecule has 1 aromatic heterocycles. The Bertz CT molecular complexity index is 1150. The number of piperidine rings is 1. The number of aromatic nitrogens is 1. The first-order valence-corrected chi connectivity index (χ1v) is 13.7. The van der Waals surface area contributed by atoms with Crippen molar-refractivity contribution in [1.82, 2.24) is 8.87 Å². The monoisotopic (exact) mass is 450 g/mol. The second kappa shape index (κ2) is 9.03. The fourth-order valence-electron chi connectivity index (χ4n) is 5.81. The van der Waals surface area contributed by atoms with Gasteiger partial charge in [0, 0.05) is 5.39 Å². The van der Waals surface area contributed by atoms with E-state index >= 15 is 0 Å². The maximum Gasteiger partial charge on any atom is 0.268 e. The SMILES string of the molecule is Cc1ccc(S(=O)(=O)n2c(C(C3CCCCC3)N3CCCCC3)cc3ccccc32)cc1. The summed E-state index contributed by atoms with van der Waals surface area (Å²) in [5, 5.41) is 1.01. The molecule has 0 bridgehead atoms. The number of para-hydroxylation sites is 1. The lowest BCUT2D eigenvalue weighted by molar-refractivity contribution is 0.0934. The van der Waals surface area contributed by atoms with Gasteiger partial charge in [0.05, 0.1) is 22.1 Å². The average Bonchev–Trinajstić information content (AvgIpc) is 3.21. The van der Waals surface area contributed by atoms with Gasteiger partial charge < -0.3 is 0 Å².